The van der Waals surface area contributed by atoms with E-state index in [1.807, 2.05) is 80.6 Å². The number of H-pyrrole nitrogens is 1. The number of nitrogens with one attached hydrogen (secondary N) is 1. The van der Waals surface area contributed by atoms with Gasteiger partial charge in [0.05, 0.1) is 79.7 Å². The van der Waals surface area contributed by atoms with E-state index < -0.39 is 10.8 Å². The lowest BCUT2D eigenvalue weighted by molar-refractivity contribution is 0.355. The van der Waals surface area contributed by atoms with Crippen LogP contribution in [0.25, 0.3) is 62.5 Å². The summed E-state index contributed by atoms with van der Waals surface area (Å²) in [5.74, 6) is 3.11. The van der Waals surface area contributed by atoms with Gasteiger partial charge in [0, 0.05) is 54.6 Å². The van der Waals surface area contributed by atoms with Gasteiger partial charge in [0.25, 0.3) is 0 Å². The number of methoxy groups -OCH3 is 4. The van der Waals surface area contributed by atoms with E-state index >= 15 is 0 Å². The summed E-state index contributed by atoms with van der Waals surface area (Å²) in [6.07, 6.45) is 15.1. The predicted molar refractivity (Wildman–Crippen MR) is 243 cm³/mol. The summed E-state index contributed by atoms with van der Waals surface area (Å²) in [4.78, 5) is 37.2. The maximum atomic E-state index is 11.8. The van der Waals surface area contributed by atoms with Crippen molar-refractivity contribution in [2.24, 2.45) is 0 Å². The van der Waals surface area contributed by atoms with Crippen LogP contribution in [0.4, 0.5) is 0 Å². The van der Waals surface area contributed by atoms with E-state index in [-0.39, 0.29) is 5.16 Å². The molecule has 0 saturated carbocycles. The number of aromatic amines is 1. The number of aryl methyl sites for hydroxylation is 2. The Hall–Kier alpha value is -8.39. The van der Waals surface area contributed by atoms with Crippen molar-refractivity contribution in [2.75, 3.05) is 34.7 Å². The van der Waals surface area contributed by atoms with E-state index in [1.165, 1.54) is 0 Å². The Morgan fingerprint density at radius 1 is 0.569 bits per heavy atom. The minimum atomic E-state index is -1.28. The van der Waals surface area contributed by atoms with E-state index in [0.29, 0.717) is 40.3 Å². The highest BCUT2D eigenvalue weighted by atomic mass is 32.2. The molecule has 1 N–H and O–H groups in total. The smallest absolute Gasteiger partial charge is 0.235 e. The Labute approximate surface area is 374 Å². The molecular weight excluding hydrogens is 849 g/mol. The molecule has 10 aromatic rings. The molecule has 0 spiro atoms. The van der Waals surface area contributed by atoms with Crippen LogP contribution in [0.3, 0.4) is 0 Å². The van der Waals surface area contributed by atoms with Gasteiger partial charge in [0.2, 0.25) is 11.1 Å². The first-order valence-electron chi connectivity index (χ1n) is 19.8. The van der Waals surface area contributed by atoms with Crippen molar-refractivity contribution in [1.29, 1.82) is 0 Å². The molecule has 65 heavy (non-hydrogen) atoms. The highest BCUT2D eigenvalue weighted by Crippen LogP contribution is 2.34. The van der Waals surface area contributed by atoms with E-state index in [1.54, 1.807) is 104 Å². The fraction of sp³-hybridized carbons (Fsp3) is 0.156. The second-order valence-electron chi connectivity index (χ2n) is 13.9. The number of imidazole rings is 4. The average Bonchev–Trinajstić information content (AvgIpc) is 4.19. The van der Waals surface area contributed by atoms with Crippen molar-refractivity contribution in [3.05, 3.63) is 134 Å². The van der Waals surface area contributed by atoms with Crippen LogP contribution in [-0.2, 0) is 10.8 Å². The number of benzene rings is 2. The summed E-state index contributed by atoms with van der Waals surface area (Å²) < 4.78 is 38.6. The zero-order valence-corrected chi connectivity index (χ0v) is 37.1. The third-order valence-electron chi connectivity index (χ3n) is 9.82. The van der Waals surface area contributed by atoms with Crippen molar-refractivity contribution in [3.63, 3.8) is 0 Å². The molecule has 0 bridgehead atoms. The highest BCUT2D eigenvalue weighted by molar-refractivity contribution is 7.84. The summed E-state index contributed by atoms with van der Waals surface area (Å²) in [5, 5.41) is 9.88. The minimum absolute atomic E-state index is 0.271. The lowest BCUT2D eigenvalue weighted by Crippen LogP contribution is -2.02. The van der Waals surface area contributed by atoms with Crippen LogP contribution in [0, 0.1) is 13.8 Å². The third-order valence-corrected chi connectivity index (χ3v) is 10.5. The first kappa shape index (κ1) is 43.3. The average molecular weight is 891 g/mol. The molecule has 0 amide bonds. The molecule has 10 rings (SSSR count). The summed E-state index contributed by atoms with van der Waals surface area (Å²) in [7, 11) is 5.14. The fourth-order valence-corrected chi connectivity index (χ4v) is 7.22. The van der Waals surface area contributed by atoms with Crippen LogP contribution in [0.15, 0.2) is 128 Å². The Morgan fingerprint density at radius 3 is 1.58 bits per heavy atom. The Morgan fingerprint density at radius 2 is 1.12 bits per heavy atom. The molecule has 328 valence electrons. The predicted octanol–water partition coefficient (Wildman–Crippen LogP) is 6.69. The van der Waals surface area contributed by atoms with Gasteiger partial charge in [0.1, 0.15) is 17.7 Å². The van der Waals surface area contributed by atoms with Crippen molar-refractivity contribution in [1.82, 2.24) is 68.7 Å². The minimum Gasteiger partial charge on any atom is -0.493 e. The molecule has 20 heteroatoms. The van der Waals surface area contributed by atoms with Gasteiger partial charge in [-0.3, -0.25) is 8.78 Å². The zero-order chi connectivity index (χ0) is 45.5. The molecule has 8 heterocycles. The summed E-state index contributed by atoms with van der Waals surface area (Å²) in [6.45, 7) is 3.84. The number of hydrogen-bond donors (Lipinski definition) is 1. The van der Waals surface area contributed by atoms with Crippen LogP contribution >= 0.6 is 0 Å². The summed E-state index contributed by atoms with van der Waals surface area (Å²) in [5.41, 5.74) is 9.20. The SMILES string of the molecule is COc1ccc(-c2ccc3nc(C)c(-c4ccnc(-n5ccnc5)n4)n3n2)cc1OC.COc1ccc(-c2ccc3nc(C)c(-c4ccnc(S(C)=O)n4)n3n2)cc1OC.c1c[nH]cn1. The lowest BCUT2D eigenvalue weighted by Gasteiger charge is -2.10. The van der Waals surface area contributed by atoms with Gasteiger partial charge < -0.3 is 23.9 Å². The van der Waals surface area contributed by atoms with E-state index in [4.69, 9.17) is 34.1 Å². The Kier molecular flexibility index (Phi) is 12.9. The molecule has 0 saturated heterocycles. The van der Waals surface area contributed by atoms with Gasteiger partial charge in [0.15, 0.2) is 34.3 Å². The van der Waals surface area contributed by atoms with Crippen molar-refractivity contribution >= 4 is 22.1 Å². The maximum Gasteiger partial charge on any atom is 0.235 e. The topological polar surface area (TPSA) is 212 Å². The van der Waals surface area contributed by atoms with Crippen molar-refractivity contribution in [3.8, 4) is 74.2 Å². The monoisotopic (exact) mass is 890 g/mol. The van der Waals surface area contributed by atoms with Gasteiger partial charge in [-0.2, -0.15) is 10.2 Å². The maximum absolute atomic E-state index is 11.8. The molecule has 0 aliphatic carbocycles. The summed E-state index contributed by atoms with van der Waals surface area (Å²) >= 11 is 0. The van der Waals surface area contributed by atoms with Gasteiger partial charge in [-0.25, -0.2) is 48.9 Å². The molecule has 19 nitrogen and oxygen atoms in total. The normalized spacial score (nSPS) is 11.3. The second-order valence-corrected chi connectivity index (χ2v) is 15.1. The standard InChI is InChI=1S/C22H19N7O2.C20H19N5O3S.C3H4N2/c1-14-21(17-8-9-24-22(26-17)28-11-10-23-13-28)29-20(25-14)7-5-16(27-29)15-4-6-18(30-2)19(12-15)31-3;1-12-19(15-9-10-21-20(23-15)29(4)26)25-18(22-12)8-6-14(24-25)13-5-7-16(27-2)17(11-13)28-3;1-2-5-3-4-1/h4-13H,1-3H3;5-11H,1-4H3;1-3H,(H,4,5). The van der Waals surface area contributed by atoms with Crippen molar-refractivity contribution < 1.29 is 23.2 Å². The van der Waals surface area contributed by atoms with Crippen LogP contribution in [0.2, 0.25) is 0 Å². The lowest BCUT2D eigenvalue weighted by atomic mass is 10.1. The number of rotatable bonds is 10. The van der Waals surface area contributed by atoms with Gasteiger partial charge >= 0.3 is 0 Å². The van der Waals surface area contributed by atoms with Gasteiger partial charge in [-0.1, -0.05) is 0 Å². The second kappa shape index (κ2) is 19.3. The molecular formula is C45H42N14O5S. The van der Waals surface area contributed by atoms with Gasteiger partial charge in [-0.15, -0.1) is 0 Å². The first-order chi connectivity index (χ1) is 31.7. The number of hydrogen-bond acceptors (Lipinski definition) is 15. The van der Waals surface area contributed by atoms with E-state index in [2.05, 4.69) is 39.9 Å². The number of ether oxygens (including phenoxy) is 4. The molecule has 2 aromatic carbocycles. The first-order valence-corrected chi connectivity index (χ1v) is 21.3. The number of fused-ring (bicyclic) bond motifs is 2. The van der Waals surface area contributed by atoms with Crippen LogP contribution in [0.5, 0.6) is 23.0 Å². The van der Waals surface area contributed by atoms with Gasteiger partial charge in [-0.05, 0) is 86.6 Å². The van der Waals surface area contributed by atoms with E-state index in [9.17, 15) is 4.21 Å². The molecule has 8 aromatic heterocycles. The zero-order valence-electron chi connectivity index (χ0n) is 36.3. The van der Waals surface area contributed by atoms with Crippen molar-refractivity contribution in [2.45, 2.75) is 19.0 Å². The quantitative estimate of drug-likeness (QED) is 0.142. The molecule has 1 atom stereocenters. The molecule has 0 radical (unpaired) electrons. The molecule has 0 aliphatic heterocycles. The van der Waals surface area contributed by atoms with Crippen LogP contribution in [-0.4, -0.2) is 108 Å². The molecule has 0 fully saturated rings. The largest absolute Gasteiger partial charge is 0.493 e. The fourth-order valence-electron chi connectivity index (χ4n) is 6.78. The molecule has 0 aliphatic rings. The van der Waals surface area contributed by atoms with Crippen LogP contribution in [0.1, 0.15) is 11.4 Å². The van der Waals surface area contributed by atoms with Crippen LogP contribution < -0.4 is 18.9 Å². The number of aromatic nitrogens is 14. The Bertz CT molecular complexity index is 3230. The highest BCUT2D eigenvalue weighted by Gasteiger charge is 2.18. The summed E-state index contributed by atoms with van der Waals surface area (Å²) in [6, 6.07) is 22.6. The van der Waals surface area contributed by atoms with E-state index in [0.717, 1.165) is 56.6 Å². The Balaban J connectivity index is 0.000000160. The molecule has 1 unspecified atom stereocenters. The third kappa shape index (κ3) is 9.23. The number of nitrogens with zero attached hydrogens (tertiary/aromatic N) is 13.